The van der Waals surface area contributed by atoms with Gasteiger partial charge in [-0.05, 0) is 37.2 Å². The lowest BCUT2D eigenvalue weighted by Gasteiger charge is -2.36. The first-order valence-corrected chi connectivity index (χ1v) is 12.3. The van der Waals surface area contributed by atoms with Crippen LogP contribution in [0.5, 0.6) is 0 Å². The van der Waals surface area contributed by atoms with E-state index in [0.717, 1.165) is 38.3 Å². The molecule has 32 heavy (non-hydrogen) atoms. The van der Waals surface area contributed by atoms with Crippen LogP contribution in [-0.4, -0.2) is 65.7 Å². The van der Waals surface area contributed by atoms with Crippen molar-refractivity contribution in [1.29, 1.82) is 0 Å². The third kappa shape index (κ3) is 6.07. The zero-order valence-corrected chi connectivity index (χ0v) is 19.7. The number of benzene rings is 2. The number of hydrogen-bond acceptors (Lipinski definition) is 6. The standard InChI is InChI=1S/C23H32N4O4S/c1-4-26-12-14-27(15-13-26)21-11-10-20(24-23(28)17-31-3)16-22(21)32(29,30)25-18(2)19-8-6-5-7-9-19/h5-11,16,18,25H,4,12-15,17H2,1-3H3,(H,24,28). The molecule has 0 aliphatic carbocycles. The van der Waals surface area contributed by atoms with E-state index in [0.29, 0.717) is 11.4 Å². The number of likely N-dealkylation sites (N-methyl/N-ethyl adjacent to an activating group) is 1. The first-order chi connectivity index (χ1) is 15.3. The number of rotatable bonds is 9. The van der Waals surface area contributed by atoms with Crippen LogP contribution in [0.4, 0.5) is 11.4 Å². The fourth-order valence-electron chi connectivity index (χ4n) is 3.81. The Labute approximate surface area is 190 Å². The lowest BCUT2D eigenvalue weighted by Crippen LogP contribution is -2.46. The maximum absolute atomic E-state index is 13.5. The highest BCUT2D eigenvalue weighted by Crippen LogP contribution is 2.30. The number of ether oxygens (including phenoxy) is 1. The maximum atomic E-state index is 13.5. The van der Waals surface area contributed by atoms with Gasteiger partial charge in [0.1, 0.15) is 11.5 Å². The summed E-state index contributed by atoms with van der Waals surface area (Å²) in [5.74, 6) is -0.342. The number of amides is 1. The Morgan fingerprint density at radius 3 is 2.41 bits per heavy atom. The van der Waals surface area contributed by atoms with E-state index in [4.69, 9.17) is 4.74 Å². The van der Waals surface area contributed by atoms with Gasteiger partial charge in [0, 0.05) is 45.0 Å². The van der Waals surface area contributed by atoms with Gasteiger partial charge in [0.05, 0.1) is 5.69 Å². The van der Waals surface area contributed by atoms with Crippen molar-refractivity contribution >= 4 is 27.3 Å². The number of nitrogens with one attached hydrogen (secondary N) is 2. The van der Waals surface area contributed by atoms with E-state index in [2.05, 4.69) is 26.8 Å². The summed E-state index contributed by atoms with van der Waals surface area (Å²) in [5, 5.41) is 2.70. The second kappa shape index (κ2) is 10.9. The number of hydrogen-bond donors (Lipinski definition) is 2. The largest absolute Gasteiger partial charge is 0.375 e. The Kier molecular flexibility index (Phi) is 8.25. The van der Waals surface area contributed by atoms with E-state index < -0.39 is 16.1 Å². The van der Waals surface area contributed by atoms with Crippen LogP contribution < -0.4 is 14.9 Å². The average molecular weight is 461 g/mol. The molecule has 0 spiro atoms. The zero-order valence-electron chi connectivity index (χ0n) is 18.9. The summed E-state index contributed by atoms with van der Waals surface area (Å²) in [6.45, 7) is 8.02. The molecule has 2 aromatic rings. The Morgan fingerprint density at radius 1 is 1.09 bits per heavy atom. The minimum atomic E-state index is -3.87. The van der Waals surface area contributed by atoms with Crippen molar-refractivity contribution in [1.82, 2.24) is 9.62 Å². The molecule has 2 N–H and O–H groups in total. The third-order valence-electron chi connectivity index (χ3n) is 5.60. The Balaban J connectivity index is 1.92. The highest BCUT2D eigenvalue weighted by Gasteiger charge is 2.27. The first-order valence-electron chi connectivity index (χ1n) is 10.8. The predicted molar refractivity (Wildman–Crippen MR) is 126 cm³/mol. The summed E-state index contributed by atoms with van der Waals surface area (Å²) in [6.07, 6.45) is 0. The van der Waals surface area contributed by atoms with Crippen LogP contribution in [-0.2, 0) is 19.6 Å². The monoisotopic (exact) mass is 460 g/mol. The van der Waals surface area contributed by atoms with Gasteiger partial charge in [-0.3, -0.25) is 4.79 Å². The molecule has 1 aliphatic heterocycles. The van der Waals surface area contributed by atoms with Gasteiger partial charge in [-0.1, -0.05) is 37.3 Å². The summed E-state index contributed by atoms with van der Waals surface area (Å²) >= 11 is 0. The molecule has 0 radical (unpaired) electrons. The SMILES string of the molecule is CCN1CCN(c2ccc(NC(=O)COC)cc2S(=O)(=O)NC(C)c2ccccc2)CC1. The molecule has 0 bridgehead atoms. The number of anilines is 2. The normalized spacial score (nSPS) is 16.0. The molecule has 174 valence electrons. The van der Waals surface area contributed by atoms with Crippen LogP contribution in [0.1, 0.15) is 25.5 Å². The second-order valence-corrected chi connectivity index (χ2v) is 9.52. The molecular formula is C23H32N4O4S. The Bertz CT molecular complexity index is 1010. The number of nitrogens with zero attached hydrogens (tertiary/aromatic N) is 2. The van der Waals surface area contributed by atoms with Crippen LogP contribution >= 0.6 is 0 Å². The van der Waals surface area contributed by atoms with Crippen LogP contribution in [0.25, 0.3) is 0 Å². The molecule has 1 saturated heterocycles. The first kappa shape index (κ1) is 24.2. The fraction of sp³-hybridized carbons (Fsp3) is 0.435. The van der Waals surface area contributed by atoms with Gasteiger partial charge in [-0.15, -0.1) is 0 Å². The van der Waals surface area contributed by atoms with E-state index in [1.165, 1.54) is 13.2 Å². The van der Waals surface area contributed by atoms with E-state index in [9.17, 15) is 13.2 Å². The number of methoxy groups -OCH3 is 1. The second-order valence-electron chi connectivity index (χ2n) is 7.84. The number of carbonyl (C=O) groups is 1. The molecule has 9 heteroatoms. The summed E-state index contributed by atoms with van der Waals surface area (Å²) in [7, 11) is -2.43. The van der Waals surface area contributed by atoms with Crippen molar-refractivity contribution in [2.24, 2.45) is 0 Å². The number of carbonyl (C=O) groups excluding carboxylic acids is 1. The molecule has 8 nitrogen and oxygen atoms in total. The summed E-state index contributed by atoms with van der Waals surface area (Å²) in [6, 6.07) is 14.0. The summed E-state index contributed by atoms with van der Waals surface area (Å²) in [4.78, 5) is 16.6. The van der Waals surface area contributed by atoms with Gasteiger partial charge in [0.15, 0.2) is 0 Å². The Hall–Kier alpha value is -2.46. The van der Waals surface area contributed by atoms with Crippen molar-refractivity contribution in [2.45, 2.75) is 24.8 Å². The van der Waals surface area contributed by atoms with Gasteiger partial charge >= 0.3 is 0 Å². The fourth-order valence-corrected chi connectivity index (χ4v) is 5.29. The number of piperazine rings is 1. The van der Waals surface area contributed by atoms with Crippen LogP contribution in [0.15, 0.2) is 53.4 Å². The molecule has 3 rings (SSSR count). The smallest absolute Gasteiger partial charge is 0.250 e. The van der Waals surface area contributed by atoms with Crippen molar-refractivity contribution in [2.75, 3.05) is 56.7 Å². The minimum absolute atomic E-state index is 0.105. The highest BCUT2D eigenvalue weighted by atomic mass is 32.2. The van der Waals surface area contributed by atoms with Crippen molar-refractivity contribution in [3.05, 3.63) is 54.1 Å². The summed E-state index contributed by atoms with van der Waals surface area (Å²) < 4.78 is 34.6. The van der Waals surface area contributed by atoms with Gasteiger partial charge < -0.3 is 19.9 Å². The van der Waals surface area contributed by atoms with E-state index in [-0.39, 0.29) is 17.4 Å². The number of sulfonamides is 1. The minimum Gasteiger partial charge on any atom is -0.375 e. The quantitative estimate of drug-likeness (QED) is 0.597. The average Bonchev–Trinajstić information content (AvgIpc) is 2.79. The molecule has 1 fully saturated rings. The van der Waals surface area contributed by atoms with Crippen LogP contribution in [0.2, 0.25) is 0 Å². The molecule has 1 unspecified atom stereocenters. The lowest BCUT2D eigenvalue weighted by molar-refractivity contribution is -0.119. The van der Waals surface area contributed by atoms with Crippen LogP contribution in [0, 0.1) is 0 Å². The molecule has 1 amide bonds. The molecule has 1 atom stereocenters. The van der Waals surface area contributed by atoms with Crippen molar-refractivity contribution < 1.29 is 17.9 Å². The molecule has 1 aliphatic rings. The van der Waals surface area contributed by atoms with Gasteiger partial charge in [0.25, 0.3) is 0 Å². The van der Waals surface area contributed by atoms with Crippen molar-refractivity contribution in [3.63, 3.8) is 0 Å². The topological polar surface area (TPSA) is 91.0 Å². The lowest BCUT2D eigenvalue weighted by atomic mass is 10.1. The van der Waals surface area contributed by atoms with Crippen molar-refractivity contribution in [3.8, 4) is 0 Å². The highest BCUT2D eigenvalue weighted by molar-refractivity contribution is 7.89. The van der Waals surface area contributed by atoms with Gasteiger partial charge in [-0.25, -0.2) is 13.1 Å². The molecular weight excluding hydrogens is 428 g/mol. The van der Waals surface area contributed by atoms with Crippen LogP contribution in [0.3, 0.4) is 0 Å². The Morgan fingerprint density at radius 2 is 1.78 bits per heavy atom. The maximum Gasteiger partial charge on any atom is 0.250 e. The molecule has 2 aromatic carbocycles. The van der Waals surface area contributed by atoms with E-state index >= 15 is 0 Å². The molecule has 1 heterocycles. The van der Waals surface area contributed by atoms with Gasteiger partial charge in [0.2, 0.25) is 15.9 Å². The summed E-state index contributed by atoms with van der Waals surface area (Å²) in [5.41, 5.74) is 1.92. The zero-order chi connectivity index (χ0) is 23.1. The molecule has 0 saturated carbocycles. The van der Waals surface area contributed by atoms with Gasteiger partial charge in [-0.2, -0.15) is 0 Å². The van der Waals surface area contributed by atoms with E-state index in [1.807, 2.05) is 37.3 Å². The van der Waals surface area contributed by atoms with E-state index in [1.54, 1.807) is 12.1 Å². The predicted octanol–water partition coefficient (Wildman–Crippen LogP) is 2.45. The third-order valence-corrected chi connectivity index (χ3v) is 7.17. The molecule has 0 aromatic heterocycles.